The van der Waals surface area contributed by atoms with E-state index in [4.69, 9.17) is 5.11 Å². The SMILES string of the molecule is CN(C)C1(Cn2nnnc2SCC(=O)O)CCC1. The maximum atomic E-state index is 10.6. The highest BCUT2D eigenvalue weighted by molar-refractivity contribution is 7.99. The van der Waals surface area contributed by atoms with Crippen LogP contribution >= 0.6 is 11.8 Å². The Kier molecular flexibility index (Phi) is 3.86. The van der Waals surface area contributed by atoms with Crippen LogP contribution in [-0.2, 0) is 11.3 Å². The van der Waals surface area contributed by atoms with E-state index in [2.05, 4.69) is 34.5 Å². The summed E-state index contributed by atoms with van der Waals surface area (Å²) in [5.41, 5.74) is 0.119. The molecule has 8 heteroatoms. The van der Waals surface area contributed by atoms with Gasteiger partial charge in [-0.1, -0.05) is 11.8 Å². The number of aliphatic carboxylic acids is 1. The Morgan fingerprint density at radius 3 is 2.78 bits per heavy atom. The van der Waals surface area contributed by atoms with Gasteiger partial charge in [-0.3, -0.25) is 4.79 Å². The van der Waals surface area contributed by atoms with Crippen LogP contribution in [0.5, 0.6) is 0 Å². The van der Waals surface area contributed by atoms with Gasteiger partial charge < -0.3 is 10.0 Å². The van der Waals surface area contributed by atoms with Gasteiger partial charge in [0, 0.05) is 5.54 Å². The standard InChI is InChI=1S/C10H17N5O2S/c1-14(2)10(4-3-5-10)7-15-9(11-12-13-15)18-6-8(16)17/h3-7H2,1-2H3,(H,16,17). The number of hydrogen-bond acceptors (Lipinski definition) is 6. The van der Waals surface area contributed by atoms with Crippen LogP contribution in [-0.4, -0.2) is 61.6 Å². The first-order valence-electron chi connectivity index (χ1n) is 5.82. The second-order valence-corrected chi connectivity index (χ2v) is 5.72. The quantitative estimate of drug-likeness (QED) is 0.746. The van der Waals surface area contributed by atoms with Gasteiger partial charge in [0.05, 0.1) is 12.3 Å². The molecule has 1 aliphatic carbocycles. The number of likely N-dealkylation sites (N-methyl/N-ethyl adjacent to an activating group) is 1. The smallest absolute Gasteiger partial charge is 0.313 e. The van der Waals surface area contributed by atoms with E-state index >= 15 is 0 Å². The topological polar surface area (TPSA) is 84.1 Å². The minimum absolute atomic E-state index is 0.0185. The second-order valence-electron chi connectivity index (χ2n) is 4.77. The average molecular weight is 271 g/mol. The normalized spacial score (nSPS) is 17.7. The van der Waals surface area contributed by atoms with Crippen molar-refractivity contribution in [2.45, 2.75) is 36.5 Å². The lowest BCUT2D eigenvalue weighted by molar-refractivity contribution is -0.133. The minimum Gasteiger partial charge on any atom is -0.481 e. The van der Waals surface area contributed by atoms with Gasteiger partial charge in [0.25, 0.3) is 0 Å². The van der Waals surface area contributed by atoms with Crippen molar-refractivity contribution in [1.29, 1.82) is 0 Å². The zero-order valence-electron chi connectivity index (χ0n) is 10.5. The van der Waals surface area contributed by atoms with Crippen molar-refractivity contribution < 1.29 is 9.90 Å². The van der Waals surface area contributed by atoms with Crippen LogP contribution in [0.3, 0.4) is 0 Å². The number of thioether (sulfide) groups is 1. The van der Waals surface area contributed by atoms with Crippen LogP contribution in [0.1, 0.15) is 19.3 Å². The van der Waals surface area contributed by atoms with Crippen molar-refractivity contribution in [3.8, 4) is 0 Å². The summed E-state index contributed by atoms with van der Waals surface area (Å²) in [6, 6.07) is 0. The van der Waals surface area contributed by atoms with Crippen molar-refractivity contribution in [1.82, 2.24) is 25.1 Å². The van der Waals surface area contributed by atoms with E-state index in [0.717, 1.165) is 31.1 Å². The number of hydrogen-bond donors (Lipinski definition) is 1. The first-order valence-corrected chi connectivity index (χ1v) is 6.80. The number of carbonyl (C=O) groups is 1. The molecule has 1 heterocycles. The molecule has 1 aliphatic rings. The summed E-state index contributed by atoms with van der Waals surface area (Å²) >= 11 is 1.16. The van der Waals surface area contributed by atoms with Gasteiger partial charge in [0.1, 0.15) is 0 Å². The third kappa shape index (κ3) is 2.64. The van der Waals surface area contributed by atoms with E-state index in [9.17, 15) is 4.79 Å². The van der Waals surface area contributed by atoms with Crippen LogP contribution in [0.15, 0.2) is 5.16 Å². The maximum absolute atomic E-state index is 10.6. The van der Waals surface area contributed by atoms with Gasteiger partial charge >= 0.3 is 5.97 Å². The molecule has 1 N–H and O–H groups in total. The van der Waals surface area contributed by atoms with Gasteiger partial charge in [0.2, 0.25) is 5.16 Å². The molecule has 0 saturated heterocycles. The summed E-state index contributed by atoms with van der Waals surface area (Å²) in [7, 11) is 4.13. The lowest BCUT2D eigenvalue weighted by Crippen LogP contribution is -2.53. The molecule has 2 rings (SSSR count). The van der Waals surface area contributed by atoms with E-state index in [1.807, 2.05) is 0 Å². The highest BCUT2D eigenvalue weighted by atomic mass is 32.2. The molecule has 100 valence electrons. The fraction of sp³-hybridized carbons (Fsp3) is 0.800. The molecule has 1 aromatic heterocycles. The molecular formula is C10H17N5O2S. The van der Waals surface area contributed by atoms with Crippen molar-refractivity contribution in [3.05, 3.63) is 0 Å². The summed E-state index contributed by atoms with van der Waals surface area (Å²) in [6.45, 7) is 0.717. The minimum atomic E-state index is -0.861. The second kappa shape index (κ2) is 5.23. The lowest BCUT2D eigenvalue weighted by Gasteiger charge is -2.47. The molecule has 0 radical (unpaired) electrons. The van der Waals surface area contributed by atoms with Gasteiger partial charge in [0.15, 0.2) is 0 Å². The Hall–Kier alpha value is -1.15. The summed E-state index contributed by atoms with van der Waals surface area (Å²) in [6.07, 6.45) is 3.48. The molecule has 0 bridgehead atoms. The predicted molar refractivity (Wildman–Crippen MR) is 66.4 cm³/mol. The Balaban J connectivity index is 2.05. The molecule has 0 atom stereocenters. The largest absolute Gasteiger partial charge is 0.481 e. The maximum Gasteiger partial charge on any atom is 0.313 e. The Bertz CT molecular complexity index is 430. The van der Waals surface area contributed by atoms with E-state index in [1.165, 1.54) is 6.42 Å². The number of carboxylic acids is 1. The monoisotopic (exact) mass is 271 g/mol. The molecule has 1 fully saturated rings. The van der Waals surface area contributed by atoms with E-state index in [1.54, 1.807) is 4.68 Å². The number of nitrogens with zero attached hydrogens (tertiary/aromatic N) is 5. The summed E-state index contributed by atoms with van der Waals surface area (Å²) < 4.78 is 1.72. The Labute approximate surface area is 110 Å². The molecule has 7 nitrogen and oxygen atoms in total. The third-order valence-corrected chi connectivity index (χ3v) is 4.44. The fourth-order valence-electron chi connectivity index (χ4n) is 2.14. The highest BCUT2D eigenvalue weighted by Crippen LogP contribution is 2.37. The summed E-state index contributed by atoms with van der Waals surface area (Å²) in [5.74, 6) is -0.879. The molecule has 0 unspecified atom stereocenters. The van der Waals surface area contributed by atoms with E-state index in [0.29, 0.717) is 5.16 Å². The molecule has 18 heavy (non-hydrogen) atoms. The van der Waals surface area contributed by atoms with Gasteiger partial charge in [-0.05, 0) is 43.8 Å². The van der Waals surface area contributed by atoms with Crippen molar-refractivity contribution in [2.24, 2.45) is 0 Å². The third-order valence-electron chi connectivity index (χ3n) is 3.50. The zero-order valence-corrected chi connectivity index (χ0v) is 11.4. The molecule has 1 saturated carbocycles. The predicted octanol–water partition coefficient (Wildman–Crippen LogP) is 0.334. The van der Waals surface area contributed by atoms with Crippen LogP contribution in [0.2, 0.25) is 0 Å². The number of tetrazole rings is 1. The van der Waals surface area contributed by atoms with E-state index < -0.39 is 5.97 Å². The number of rotatable bonds is 6. The van der Waals surface area contributed by atoms with Gasteiger partial charge in [-0.2, -0.15) is 0 Å². The summed E-state index contributed by atoms with van der Waals surface area (Å²) in [5, 5.41) is 20.7. The van der Waals surface area contributed by atoms with Gasteiger partial charge in [-0.15, -0.1) is 5.10 Å². The number of aromatic nitrogens is 4. The molecular weight excluding hydrogens is 254 g/mol. The van der Waals surface area contributed by atoms with Gasteiger partial charge in [-0.25, -0.2) is 4.68 Å². The fourth-order valence-corrected chi connectivity index (χ4v) is 2.73. The Morgan fingerprint density at radius 2 is 2.28 bits per heavy atom. The first-order chi connectivity index (χ1) is 8.53. The zero-order chi connectivity index (χ0) is 13.2. The number of carboxylic acid groups (broad SMARTS) is 1. The molecule has 0 aliphatic heterocycles. The summed E-state index contributed by atoms with van der Waals surface area (Å²) in [4.78, 5) is 12.8. The molecule has 0 spiro atoms. The van der Waals surface area contributed by atoms with Crippen LogP contribution in [0.4, 0.5) is 0 Å². The molecule has 0 amide bonds. The molecule has 0 aromatic carbocycles. The van der Waals surface area contributed by atoms with Crippen molar-refractivity contribution in [2.75, 3.05) is 19.8 Å². The molecule has 1 aromatic rings. The van der Waals surface area contributed by atoms with Crippen LogP contribution in [0.25, 0.3) is 0 Å². The van der Waals surface area contributed by atoms with Crippen molar-refractivity contribution in [3.63, 3.8) is 0 Å². The average Bonchev–Trinajstić information content (AvgIpc) is 2.67. The highest BCUT2D eigenvalue weighted by Gasteiger charge is 2.40. The van der Waals surface area contributed by atoms with E-state index in [-0.39, 0.29) is 11.3 Å². The van der Waals surface area contributed by atoms with Crippen LogP contribution in [0, 0.1) is 0 Å². The first kappa shape index (κ1) is 13.3. The Morgan fingerprint density at radius 1 is 1.56 bits per heavy atom. The lowest BCUT2D eigenvalue weighted by atomic mass is 9.76. The van der Waals surface area contributed by atoms with Crippen LogP contribution < -0.4 is 0 Å². The van der Waals surface area contributed by atoms with Crippen molar-refractivity contribution >= 4 is 17.7 Å².